The predicted octanol–water partition coefficient (Wildman–Crippen LogP) is 1.82. The van der Waals surface area contributed by atoms with Gasteiger partial charge in [0.15, 0.2) is 0 Å². The van der Waals surface area contributed by atoms with Gasteiger partial charge in [0.1, 0.15) is 0 Å². The fourth-order valence-electron chi connectivity index (χ4n) is 2.48. The van der Waals surface area contributed by atoms with Crippen molar-refractivity contribution in [3.05, 3.63) is 0 Å². The van der Waals surface area contributed by atoms with Gasteiger partial charge in [-0.25, -0.2) is 4.79 Å². The maximum Gasteiger partial charge on any atom is 0.317 e. The fourth-order valence-corrected chi connectivity index (χ4v) is 2.48. The highest BCUT2D eigenvalue weighted by atomic mass is 16.4. The number of rotatable bonds is 5. The van der Waals surface area contributed by atoms with Crippen LogP contribution >= 0.6 is 0 Å². The Hall–Kier alpha value is -1.77. The molecule has 1 atom stereocenters. The van der Waals surface area contributed by atoms with Crippen molar-refractivity contribution >= 4 is 12.0 Å². The van der Waals surface area contributed by atoms with Gasteiger partial charge in [-0.3, -0.25) is 4.79 Å². The molecule has 1 aliphatic rings. The molecule has 0 spiro atoms. The van der Waals surface area contributed by atoms with Gasteiger partial charge < -0.3 is 15.3 Å². The Balaban J connectivity index is 2.42. The van der Waals surface area contributed by atoms with Crippen molar-refractivity contribution < 1.29 is 14.7 Å². The van der Waals surface area contributed by atoms with Gasteiger partial charge in [0, 0.05) is 19.1 Å². The van der Waals surface area contributed by atoms with Gasteiger partial charge in [-0.05, 0) is 39.5 Å². The lowest BCUT2D eigenvalue weighted by atomic mass is 9.86. The molecule has 1 aliphatic carbocycles. The number of nitriles is 1. The van der Waals surface area contributed by atoms with E-state index in [1.807, 2.05) is 6.92 Å². The lowest BCUT2D eigenvalue weighted by molar-refractivity contribution is -0.142. The zero-order chi connectivity index (χ0) is 15.1. The summed E-state index contributed by atoms with van der Waals surface area (Å²) in [4.78, 5) is 24.6. The van der Waals surface area contributed by atoms with E-state index >= 15 is 0 Å². The summed E-state index contributed by atoms with van der Waals surface area (Å²) in [5.74, 6) is -1.21. The van der Waals surface area contributed by atoms with Gasteiger partial charge in [0.25, 0.3) is 0 Å². The summed E-state index contributed by atoms with van der Waals surface area (Å²) in [6.45, 7) is 4.64. The second kappa shape index (κ2) is 7.73. The minimum Gasteiger partial charge on any atom is -0.481 e. The second-order valence-corrected chi connectivity index (χ2v) is 5.41. The predicted molar refractivity (Wildman–Crippen MR) is 73.9 cm³/mol. The smallest absolute Gasteiger partial charge is 0.317 e. The van der Waals surface area contributed by atoms with E-state index in [0.29, 0.717) is 38.8 Å². The number of carboxylic acids is 1. The molecule has 0 heterocycles. The molecule has 2 N–H and O–H groups in total. The molecule has 1 fully saturated rings. The summed E-state index contributed by atoms with van der Waals surface area (Å²) in [5, 5.41) is 20.7. The summed E-state index contributed by atoms with van der Waals surface area (Å²) in [6.07, 6.45) is 2.63. The van der Waals surface area contributed by atoms with Crippen LogP contribution < -0.4 is 5.32 Å². The lowest BCUT2D eigenvalue weighted by Gasteiger charge is -2.30. The summed E-state index contributed by atoms with van der Waals surface area (Å²) in [5.41, 5.74) is 0. The quantitative estimate of drug-likeness (QED) is 0.803. The molecular formula is C14H23N3O3. The van der Waals surface area contributed by atoms with Gasteiger partial charge >= 0.3 is 12.0 Å². The Morgan fingerprint density at radius 1 is 1.40 bits per heavy atom. The normalized spacial score (nSPS) is 23.4. The number of nitrogens with zero attached hydrogens (tertiary/aromatic N) is 2. The molecule has 0 bridgehead atoms. The molecule has 0 radical (unpaired) electrons. The SMILES string of the molecule is CCN(CC(C)C#N)C(=O)NC1CCC(C(=O)O)CC1. The number of hydrogen-bond acceptors (Lipinski definition) is 3. The third-order valence-corrected chi connectivity index (χ3v) is 3.79. The second-order valence-electron chi connectivity index (χ2n) is 5.41. The van der Waals surface area contributed by atoms with Crippen LogP contribution in [0, 0.1) is 23.2 Å². The van der Waals surface area contributed by atoms with E-state index in [1.54, 1.807) is 11.8 Å². The van der Waals surface area contributed by atoms with Crippen molar-refractivity contribution in [2.75, 3.05) is 13.1 Å². The Kier molecular flexibility index (Phi) is 6.29. The topological polar surface area (TPSA) is 93.4 Å². The van der Waals surface area contributed by atoms with Gasteiger partial charge in [-0.15, -0.1) is 0 Å². The van der Waals surface area contributed by atoms with Crippen LogP contribution in [0.1, 0.15) is 39.5 Å². The van der Waals surface area contributed by atoms with E-state index in [4.69, 9.17) is 10.4 Å². The van der Waals surface area contributed by atoms with Crippen molar-refractivity contribution in [1.29, 1.82) is 5.26 Å². The number of hydrogen-bond donors (Lipinski definition) is 2. The average molecular weight is 281 g/mol. The minimum atomic E-state index is -0.743. The molecular weight excluding hydrogens is 258 g/mol. The van der Waals surface area contributed by atoms with Crippen molar-refractivity contribution in [2.45, 2.75) is 45.6 Å². The molecule has 1 rings (SSSR count). The summed E-state index contributed by atoms with van der Waals surface area (Å²) < 4.78 is 0. The van der Waals surface area contributed by atoms with Crippen LogP contribution in [0.4, 0.5) is 4.79 Å². The molecule has 0 aliphatic heterocycles. The number of aliphatic carboxylic acids is 1. The molecule has 20 heavy (non-hydrogen) atoms. The number of carbonyl (C=O) groups excluding carboxylic acids is 1. The van der Waals surface area contributed by atoms with Crippen LogP contribution in [0.2, 0.25) is 0 Å². The highest BCUT2D eigenvalue weighted by Gasteiger charge is 2.27. The number of carbonyl (C=O) groups is 2. The van der Waals surface area contributed by atoms with E-state index in [-0.39, 0.29) is 23.9 Å². The van der Waals surface area contributed by atoms with E-state index in [2.05, 4.69) is 11.4 Å². The minimum absolute atomic E-state index is 0.0459. The standard InChI is InChI=1S/C14H23N3O3/c1-3-17(9-10(2)8-15)14(20)16-12-6-4-11(5-7-12)13(18)19/h10-12H,3-7,9H2,1-2H3,(H,16,20)(H,18,19). The van der Waals surface area contributed by atoms with Crippen molar-refractivity contribution in [2.24, 2.45) is 11.8 Å². The fraction of sp³-hybridized carbons (Fsp3) is 0.786. The monoisotopic (exact) mass is 281 g/mol. The highest BCUT2D eigenvalue weighted by Crippen LogP contribution is 2.24. The number of urea groups is 1. The number of amides is 2. The molecule has 0 aromatic carbocycles. The number of nitrogens with one attached hydrogen (secondary N) is 1. The van der Waals surface area contributed by atoms with Crippen molar-refractivity contribution in [3.63, 3.8) is 0 Å². The Morgan fingerprint density at radius 3 is 2.45 bits per heavy atom. The molecule has 1 saturated carbocycles. The molecule has 0 aromatic heterocycles. The molecule has 1 unspecified atom stereocenters. The Morgan fingerprint density at radius 2 is 2.00 bits per heavy atom. The lowest BCUT2D eigenvalue weighted by Crippen LogP contribution is -2.47. The summed E-state index contributed by atoms with van der Waals surface area (Å²) in [7, 11) is 0. The van der Waals surface area contributed by atoms with Gasteiger partial charge in [-0.1, -0.05) is 0 Å². The first-order valence-electron chi connectivity index (χ1n) is 7.15. The average Bonchev–Trinajstić information content (AvgIpc) is 2.44. The van der Waals surface area contributed by atoms with E-state index in [9.17, 15) is 9.59 Å². The zero-order valence-corrected chi connectivity index (χ0v) is 12.1. The first-order valence-corrected chi connectivity index (χ1v) is 7.15. The maximum absolute atomic E-state index is 12.1. The van der Waals surface area contributed by atoms with E-state index in [1.165, 1.54) is 0 Å². The molecule has 6 heteroatoms. The van der Waals surface area contributed by atoms with Crippen LogP contribution in [-0.2, 0) is 4.79 Å². The van der Waals surface area contributed by atoms with Crippen LogP contribution in [0.5, 0.6) is 0 Å². The summed E-state index contributed by atoms with van der Waals surface area (Å²) >= 11 is 0. The zero-order valence-electron chi connectivity index (χ0n) is 12.1. The van der Waals surface area contributed by atoms with Gasteiger partial charge in [0.2, 0.25) is 0 Å². The van der Waals surface area contributed by atoms with Gasteiger partial charge in [-0.2, -0.15) is 5.26 Å². The van der Waals surface area contributed by atoms with Crippen LogP contribution in [0.15, 0.2) is 0 Å². The molecule has 2 amide bonds. The van der Waals surface area contributed by atoms with Crippen LogP contribution in [0.3, 0.4) is 0 Å². The first kappa shape index (κ1) is 16.3. The van der Waals surface area contributed by atoms with Crippen molar-refractivity contribution in [1.82, 2.24) is 10.2 Å². The van der Waals surface area contributed by atoms with Crippen LogP contribution in [0.25, 0.3) is 0 Å². The molecule has 0 saturated heterocycles. The third kappa shape index (κ3) is 4.72. The summed E-state index contributed by atoms with van der Waals surface area (Å²) in [6, 6.07) is 2.01. The van der Waals surface area contributed by atoms with Gasteiger partial charge in [0.05, 0.1) is 17.9 Å². The molecule has 0 aromatic rings. The highest BCUT2D eigenvalue weighted by molar-refractivity contribution is 5.74. The molecule has 112 valence electrons. The van der Waals surface area contributed by atoms with E-state index in [0.717, 1.165) is 0 Å². The van der Waals surface area contributed by atoms with Crippen molar-refractivity contribution in [3.8, 4) is 6.07 Å². The van der Waals surface area contributed by atoms with Crippen LogP contribution in [-0.4, -0.2) is 41.1 Å². The third-order valence-electron chi connectivity index (χ3n) is 3.79. The largest absolute Gasteiger partial charge is 0.481 e. The number of carboxylic acid groups (broad SMARTS) is 1. The first-order chi connectivity index (χ1) is 9.47. The Bertz CT molecular complexity index is 384. The Labute approximate surface area is 119 Å². The maximum atomic E-state index is 12.1. The molecule has 6 nitrogen and oxygen atoms in total. The van der Waals surface area contributed by atoms with E-state index < -0.39 is 5.97 Å².